The van der Waals surface area contributed by atoms with Gasteiger partial charge in [-0.2, -0.15) is 0 Å². The summed E-state index contributed by atoms with van der Waals surface area (Å²) in [4.78, 5) is 19.9. The second kappa shape index (κ2) is 7.45. The Labute approximate surface area is 176 Å². The van der Waals surface area contributed by atoms with Crippen LogP contribution in [-0.2, 0) is 4.79 Å². The number of aromatic nitrogens is 2. The van der Waals surface area contributed by atoms with Gasteiger partial charge < -0.3 is 9.47 Å². The molecule has 0 radical (unpaired) electrons. The molecule has 3 aromatic carbocycles. The number of hydrogen-bond donors (Lipinski definition) is 0. The number of carbonyl (C=O) groups excluding carboxylic acids is 1. The summed E-state index contributed by atoms with van der Waals surface area (Å²) in [5.74, 6) is 1.23. The number of fused-ring (bicyclic) bond motifs is 1. The van der Waals surface area contributed by atoms with Gasteiger partial charge in [-0.1, -0.05) is 60.7 Å². The van der Waals surface area contributed by atoms with Gasteiger partial charge in [-0.25, -0.2) is 4.98 Å². The van der Waals surface area contributed by atoms with Crippen LogP contribution in [0.3, 0.4) is 0 Å². The van der Waals surface area contributed by atoms with E-state index in [0.29, 0.717) is 13.0 Å². The number of nitrogens with zero attached hydrogens (tertiary/aromatic N) is 3. The lowest BCUT2D eigenvalue weighted by Gasteiger charge is -2.22. The topological polar surface area (TPSA) is 38.1 Å². The highest BCUT2D eigenvalue weighted by Crippen LogP contribution is 2.36. The van der Waals surface area contributed by atoms with Crippen molar-refractivity contribution in [1.82, 2.24) is 9.55 Å². The van der Waals surface area contributed by atoms with Gasteiger partial charge in [0.15, 0.2) is 0 Å². The van der Waals surface area contributed by atoms with Gasteiger partial charge in [0.05, 0.1) is 17.1 Å². The number of para-hydroxylation sites is 3. The molecule has 0 aliphatic carbocycles. The molecule has 4 aromatic rings. The lowest BCUT2D eigenvalue weighted by atomic mass is 10.0. The Hall–Kier alpha value is -3.40. The number of rotatable bonds is 4. The van der Waals surface area contributed by atoms with Gasteiger partial charge in [0.1, 0.15) is 5.82 Å². The first-order valence-electron chi connectivity index (χ1n) is 10.5. The molecule has 150 valence electrons. The molecule has 1 aromatic heterocycles. The van der Waals surface area contributed by atoms with Gasteiger partial charge in [-0.15, -0.1) is 0 Å². The molecule has 30 heavy (non-hydrogen) atoms. The van der Waals surface area contributed by atoms with E-state index in [2.05, 4.69) is 66.9 Å². The molecule has 5 rings (SSSR count). The summed E-state index contributed by atoms with van der Waals surface area (Å²) in [6.07, 6.45) is 0.485. The molecule has 0 bridgehead atoms. The third-order valence-corrected chi connectivity index (χ3v) is 6.19. The molecule has 1 aliphatic heterocycles. The second-order valence-corrected chi connectivity index (χ2v) is 8.11. The first-order valence-corrected chi connectivity index (χ1v) is 10.5. The summed E-state index contributed by atoms with van der Waals surface area (Å²) >= 11 is 0. The van der Waals surface area contributed by atoms with Crippen molar-refractivity contribution < 1.29 is 4.79 Å². The van der Waals surface area contributed by atoms with E-state index in [-0.39, 0.29) is 17.9 Å². The number of anilines is 1. The fourth-order valence-corrected chi connectivity index (χ4v) is 4.62. The zero-order valence-corrected chi connectivity index (χ0v) is 17.3. The quantitative estimate of drug-likeness (QED) is 0.459. The molecule has 0 spiro atoms. The fraction of sp³-hybridized carbons (Fsp3) is 0.231. The van der Waals surface area contributed by atoms with Gasteiger partial charge in [0, 0.05) is 24.6 Å². The van der Waals surface area contributed by atoms with Crippen LogP contribution in [0.25, 0.3) is 11.0 Å². The predicted molar refractivity (Wildman–Crippen MR) is 121 cm³/mol. The first-order chi connectivity index (χ1) is 14.6. The van der Waals surface area contributed by atoms with Gasteiger partial charge in [-0.05, 0) is 43.2 Å². The number of aryl methyl sites for hydroxylation is 1. The Bertz CT molecular complexity index is 1210. The summed E-state index contributed by atoms with van der Waals surface area (Å²) in [6.45, 7) is 4.93. The van der Waals surface area contributed by atoms with Crippen molar-refractivity contribution in [3.63, 3.8) is 0 Å². The predicted octanol–water partition coefficient (Wildman–Crippen LogP) is 5.47. The van der Waals surface area contributed by atoms with Crippen LogP contribution in [0.2, 0.25) is 0 Å². The Kier molecular flexibility index (Phi) is 4.62. The average Bonchev–Trinajstić information content (AvgIpc) is 3.35. The average molecular weight is 396 g/mol. The van der Waals surface area contributed by atoms with E-state index in [1.165, 1.54) is 5.56 Å². The Morgan fingerprint density at radius 3 is 2.43 bits per heavy atom. The molecule has 2 heterocycles. The third-order valence-electron chi connectivity index (χ3n) is 6.19. The maximum absolute atomic E-state index is 13.0. The summed E-state index contributed by atoms with van der Waals surface area (Å²) in [7, 11) is 0. The maximum atomic E-state index is 13.0. The van der Waals surface area contributed by atoms with Crippen LogP contribution in [0.5, 0.6) is 0 Å². The summed E-state index contributed by atoms with van der Waals surface area (Å²) < 4.78 is 2.32. The van der Waals surface area contributed by atoms with Crippen LogP contribution < -0.4 is 4.90 Å². The van der Waals surface area contributed by atoms with Crippen molar-refractivity contribution in [2.24, 2.45) is 0 Å². The molecule has 0 N–H and O–H groups in total. The van der Waals surface area contributed by atoms with Crippen molar-refractivity contribution in [3.05, 3.63) is 95.8 Å². The summed E-state index contributed by atoms with van der Waals surface area (Å²) in [6, 6.07) is 27.0. The van der Waals surface area contributed by atoms with Crippen molar-refractivity contribution in [1.29, 1.82) is 0 Å². The van der Waals surface area contributed by atoms with Crippen LogP contribution in [0.1, 0.15) is 42.3 Å². The zero-order valence-electron chi connectivity index (χ0n) is 17.3. The van der Waals surface area contributed by atoms with E-state index in [0.717, 1.165) is 28.1 Å². The number of hydrogen-bond acceptors (Lipinski definition) is 2. The Morgan fingerprint density at radius 1 is 0.933 bits per heavy atom. The number of imidazole rings is 1. The molecular weight excluding hydrogens is 370 g/mol. The molecular formula is C26H25N3O. The van der Waals surface area contributed by atoms with Crippen molar-refractivity contribution >= 4 is 22.6 Å². The molecule has 2 atom stereocenters. The van der Waals surface area contributed by atoms with Gasteiger partial charge in [-0.3, -0.25) is 4.79 Å². The summed E-state index contributed by atoms with van der Waals surface area (Å²) in [5, 5.41) is 0. The highest BCUT2D eigenvalue weighted by atomic mass is 16.2. The second-order valence-electron chi connectivity index (χ2n) is 8.11. The van der Waals surface area contributed by atoms with Crippen LogP contribution in [0.15, 0.2) is 78.9 Å². The Morgan fingerprint density at radius 2 is 1.63 bits per heavy atom. The van der Waals surface area contributed by atoms with Crippen molar-refractivity contribution in [2.75, 3.05) is 11.4 Å². The SMILES string of the molecule is Cc1ccccc1N1C[C@H](c2nc3ccccc3n2[C@H](C)c2ccccc2)CC1=O. The van der Waals surface area contributed by atoms with Crippen molar-refractivity contribution in [2.45, 2.75) is 32.2 Å². The molecule has 4 nitrogen and oxygen atoms in total. The first kappa shape index (κ1) is 18.6. The highest BCUT2D eigenvalue weighted by Gasteiger charge is 2.36. The standard InChI is InChI=1S/C26H25N3O/c1-18-10-6-8-14-23(18)28-17-21(16-25(28)30)26-27-22-13-7-9-15-24(22)29(26)19(2)20-11-4-3-5-12-20/h3-15,19,21H,16-17H2,1-2H3/t19-,21-/m1/s1. The van der Waals surface area contributed by atoms with Gasteiger partial charge in [0.25, 0.3) is 0 Å². The fourth-order valence-electron chi connectivity index (χ4n) is 4.62. The van der Waals surface area contributed by atoms with E-state index >= 15 is 0 Å². The van der Waals surface area contributed by atoms with Crippen LogP contribution >= 0.6 is 0 Å². The minimum atomic E-state index is 0.0654. The summed E-state index contributed by atoms with van der Waals surface area (Å²) in [5.41, 5.74) is 5.46. The maximum Gasteiger partial charge on any atom is 0.227 e. The number of carbonyl (C=O) groups is 1. The van der Waals surface area contributed by atoms with Crippen LogP contribution in [0, 0.1) is 6.92 Å². The minimum absolute atomic E-state index is 0.0654. The van der Waals surface area contributed by atoms with Crippen molar-refractivity contribution in [3.8, 4) is 0 Å². The monoisotopic (exact) mass is 395 g/mol. The lowest BCUT2D eigenvalue weighted by Crippen LogP contribution is -2.25. The lowest BCUT2D eigenvalue weighted by molar-refractivity contribution is -0.117. The normalized spacial score (nSPS) is 17.6. The van der Waals surface area contributed by atoms with E-state index in [9.17, 15) is 4.79 Å². The van der Waals surface area contributed by atoms with E-state index in [1.807, 2.05) is 35.2 Å². The minimum Gasteiger partial charge on any atom is -0.320 e. The molecule has 0 unspecified atom stereocenters. The van der Waals surface area contributed by atoms with Crippen LogP contribution in [-0.4, -0.2) is 22.0 Å². The largest absolute Gasteiger partial charge is 0.320 e. The van der Waals surface area contributed by atoms with Crippen LogP contribution in [0.4, 0.5) is 5.69 Å². The molecule has 4 heteroatoms. The van der Waals surface area contributed by atoms with Gasteiger partial charge in [0.2, 0.25) is 5.91 Å². The number of benzene rings is 3. The molecule has 0 saturated carbocycles. The molecule has 1 amide bonds. The van der Waals surface area contributed by atoms with Gasteiger partial charge >= 0.3 is 0 Å². The number of amides is 1. The van der Waals surface area contributed by atoms with E-state index in [1.54, 1.807) is 0 Å². The van der Waals surface area contributed by atoms with E-state index in [4.69, 9.17) is 4.98 Å². The third kappa shape index (κ3) is 3.09. The zero-order chi connectivity index (χ0) is 20.7. The smallest absolute Gasteiger partial charge is 0.227 e. The van der Waals surface area contributed by atoms with E-state index < -0.39 is 0 Å². The Balaban J connectivity index is 1.58. The molecule has 1 saturated heterocycles. The molecule has 1 fully saturated rings. The highest BCUT2D eigenvalue weighted by molar-refractivity contribution is 5.97. The molecule has 1 aliphatic rings.